The summed E-state index contributed by atoms with van der Waals surface area (Å²) >= 11 is 0. The monoisotopic (exact) mass is 358 g/mol. The van der Waals surface area contributed by atoms with Gasteiger partial charge in [0.1, 0.15) is 11.5 Å². The summed E-state index contributed by atoms with van der Waals surface area (Å²) in [6.45, 7) is 4.72. The first-order valence-electron chi connectivity index (χ1n) is 8.87. The molecular weight excluding hydrogens is 336 g/mol. The molecule has 3 aromatic rings. The molecule has 1 heterocycles. The molecule has 0 radical (unpaired) electrons. The smallest absolute Gasteiger partial charge is 0.270 e. The van der Waals surface area contributed by atoms with Crippen molar-refractivity contribution in [3.63, 3.8) is 0 Å². The van der Waals surface area contributed by atoms with Crippen LogP contribution in [0.4, 0.5) is 5.82 Å². The fourth-order valence-electron chi connectivity index (χ4n) is 2.61. The molecule has 3 rings (SSSR count). The van der Waals surface area contributed by atoms with E-state index in [9.17, 15) is 4.79 Å². The minimum absolute atomic E-state index is 0.249. The molecule has 0 aliphatic carbocycles. The molecule has 5 heteroatoms. The summed E-state index contributed by atoms with van der Waals surface area (Å²) in [5, 5.41) is 6.06. The van der Waals surface area contributed by atoms with Gasteiger partial charge in [0.25, 0.3) is 5.91 Å². The van der Waals surface area contributed by atoms with Crippen molar-refractivity contribution < 1.29 is 4.79 Å². The Bertz CT molecular complexity index is 895. The number of carbonyl (C=O) groups is 1. The Morgan fingerprint density at radius 2 is 1.70 bits per heavy atom. The number of hydrogen-bond donors (Lipinski definition) is 2. The lowest BCUT2D eigenvalue weighted by atomic mass is 10.1. The normalized spacial score (nSPS) is 10.2. The fraction of sp³-hybridized carbons (Fsp3) is 0.136. The predicted octanol–water partition coefficient (Wildman–Crippen LogP) is 3.71. The lowest BCUT2D eigenvalue weighted by Gasteiger charge is -2.10. The average Bonchev–Trinajstić information content (AvgIpc) is 2.73. The van der Waals surface area contributed by atoms with E-state index in [0.29, 0.717) is 30.4 Å². The molecule has 1 amide bonds. The minimum atomic E-state index is -0.249. The van der Waals surface area contributed by atoms with Crippen LogP contribution in [0.2, 0.25) is 0 Å². The number of anilines is 1. The molecule has 0 spiro atoms. The molecule has 0 bridgehead atoms. The fourth-order valence-corrected chi connectivity index (χ4v) is 2.61. The zero-order valence-corrected chi connectivity index (χ0v) is 15.1. The van der Waals surface area contributed by atoms with Gasteiger partial charge in [-0.05, 0) is 12.0 Å². The van der Waals surface area contributed by atoms with Gasteiger partial charge in [0.2, 0.25) is 0 Å². The van der Waals surface area contributed by atoms with Crippen LogP contribution < -0.4 is 10.6 Å². The van der Waals surface area contributed by atoms with Gasteiger partial charge in [-0.2, -0.15) is 0 Å². The molecule has 0 saturated heterocycles. The summed E-state index contributed by atoms with van der Waals surface area (Å²) in [5.74, 6) is 0.896. The average molecular weight is 358 g/mol. The summed E-state index contributed by atoms with van der Waals surface area (Å²) in [4.78, 5) is 21.4. The zero-order valence-electron chi connectivity index (χ0n) is 15.1. The first-order valence-corrected chi connectivity index (χ1v) is 8.87. The number of amides is 1. The third kappa shape index (κ3) is 5.25. The number of benzene rings is 2. The highest BCUT2D eigenvalue weighted by atomic mass is 16.1. The third-order valence-corrected chi connectivity index (χ3v) is 3.96. The van der Waals surface area contributed by atoms with E-state index in [1.54, 1.807) is 12.1 Å². The Kier molecular flexibility index (Phi) is 6.30. The van der Waals surface area contributed by atoms with E-state index < -0.39 is 0 Å². The van der Waals surface area contributed by atoms with Crippen LogP contribution >= 0.6 is 0 Å². The molecule has 2 aromatic carbocycles. The van der Waals surface area contributed by atoms with E-state index in [0.717, 1.165) is 12.0 Å². The second-order valence-electron chi connectivity index (χ2n) is 5.99. The van der Waals surface area contributed by atoms with Gasteiger partial charge in [0, 0.05) is 24.7 Å². The van der Waals surface area contributed by atoms with Crippen molar-refractivity contribution in [3.8, 4) is 11.4 Å². The first kappa shape index (κ1) is 18.3. The molecule has 0 saturated carbocycles. The van der Waals surface area contributed by atoms with E-state index in [1.165, 1.54) is 5.56 Å². The number of carbonyl (C=O) groups excluding carboxylic acids is 1. The number of rotatable bonds is 8. The van der Waals surface area contributed by atoms with Crippen molar-refractivity contribution >= 4 is 11.7 Å². The summed E-state index contributed by atoms with van der Waals surface area (Å²) in [6, 6.07) is 21.5. The van der Waals surface area contributed by atoms with Crippen molar-refractivity contribution in [2.24, 2.45) is 0 Å². The van der Waals surface area contributed by atoms with Crippen molar-refractivity contribution in [2.75, 3.05) is 18.4 Å². The molecule has 1 aromatic heterocycles. The van der Waals surface area contributed by atoms with Crippen molar-refractivity contribution in [2.45, 2.75) is 6.42 Å². The third-order valence-electron chi connectivity index (χ3n) is 3.96. The van der Waals surface area contributed by atoms with E-state index in [-0.39, 0.29) is 5.91 Å². The minimum Gasteiger partial charge on any atom is -0.370 e. The van der Waals surface area contributed by atoms with Gasteiger partial charge >= 0.3 is 0 Å². The van der Waals surface area contributed by atoms with E-state index in [4.69, 9.17) is 0 Å². The first-order chi connectivity index (χ1) is 13.3. The largest absolute Gasteiger partial charge is 0.370 e. The quantitative estimate of drug-likeness (QED) is 0.602. The van der Waals surface area contributed by atoms with Crippen LogP contribution in [0.1, 0.15) is 16.1 Å². The summed E-state index contributed by atoms with van der Waals surface area (Å²) in [5.41, 5.74) is 2.43. The number of nitrogens with one attached hydrogen (secondary N) is 2. The summed E-state index contributed by atoms with van der Waals surface area (Å²) < 4.78 is 0. The maximum atomic E-state index is 12.4. The highest BCUT2D eigenvalue weighted by molar-refractivity contribution is 5.93. The highest BCUT2D eigenvalue weighted by Crippen LogP contribution is 2.18. The topological polar surface area (TPSA) is 66.9 Å². The van der Waals surface area contributed by atoms with Gasteiger partial charge in [-0.15, -0.1) is 6.58 Å². The summed E-state index contributed by atoms with van der Waals surface area (Å²) in [7, 11) is 0. The lowest BCUT2D eigenvalue weighted by Crippen LogP contribution is -2.25. The van der Waals surface area contributed by atoms with Crippen LogP contribution in [-0.4, -0.2) is 29.0 Å². The lowest BCUT2D eigenvalue weighted by molar-refractivity contribution is 0.0953. The van der Waals surface area contributed by atoms with Gasteiger partial charge in [-0.3, -0.25) is 4.79 Å². The molecular formula is C22H22N4O. The Morgan fingerprint density at radius 3 is 2.41 bits per heavy atom. The maximum absolute atomic E-state index is 12.4. The van der Waals surface area contributed by atoms with Crippen molar-refractivity contribution in [1.29, 1.82) is 0 Å². The molecule has 0 aliphatic heterocycles. The Hall–Kier alpha value is -3.47. The van der Waals surface area contributed by atoms with E-state index in [2.05, 4.69) is 39.3 Å². The van der Waals surface area contributed by atoms with Crippen LogP contribution in [0.5, 0.6) is 0 Å². The molecule has 0 atom stereocenters. The van der Waals surface area contributed by atoms with Crippen molar-refractivity contribution in [3.05, 3.63) is 90.6 Å². The van der Waals surface area contributed by atoms with Crippen LogP contribution in [-0.2, 0) is 6.42 Å². The summed E-state index contributed by atoms with van der Waals surface area (Å²) in [6.07, 6.45) is 2.50. The van der Waals surface area contributed by atoms with Crippen molar-refractivity contribution in [1.82, 2.24) is 15.3 Å². The number of hydrogen-bond acceptors (Lipinski definition) is 4. The zero-order chi connectivity index (χ0) is 18.9. The Labute approximate surface area is 159 Å². The standard InChI is InChI=1S/C22H22N4O/c1-2-14-24-22(27)19-16-20(23-15-13-17-9-5-3-6-10-17)26-21(25-19)18-11-7-4-8-12-18/h2-12,16H,1,13-15H2,(H,24,27)(H,23,25,26). The van der Waals surface area contributed by atoms with E-state index >= 15 is 0 Å². The van der Waals surface area contributed by atoms with Crippen LogP contribution in [0.15, 0.2) is 79.4 Å². The van der Waals surface area contributed by atoms with Crippen LogP contribution in [0.3, 0.4) is 0 Å². The van der Waals surface area contributed by atoms with Gasteiger partial charge in [-0.25, -0.2) is 9.97 Å². The van der Waals surface area contributed by atoms with Gasteiger partial charge < -0.3 is 10.6 Å². The van der Waals surface area contributed by atoms with Gasteiger partial charge in [-0.1, -0.05) is 66.7 Å². The number of aromatic nitrogens is 2. The second-order valence-corrected chi connectivity index (χ2v) is 5.99. The molecule has 136 valence electrons. The van der Waals surface area contributed by atoms with Gasteiger partial charge in [0.15, 0.2) is 5.82 Å². The van der Waals surface area contributed by atoms with E-state index in [1.807, 2.05) is 48.5 Å². The molecule has 2 N–H and O–H groups in total. The molecule has 0 fully saturated rings. The molecule has 0 unspecified atom stereocenters. The molecule has 0 aliphatic rings. The molecule has 27 heavy (non-hydrogen) atoms. The number of nitrogens with zero attached hydrogens (tertiary/aromatic N) is 2. The Morgan fingerprint density at radius 1 is 1.00 bits per heavy atom. The SMILES string of the molecule is C=CCNC(=O)c1cc(NCCc2ccccc2)nc(-c2ccccc2)n1. The van der Waals surface area contributed by atoms with Crippen LogP contribution in [0.25, 0.3) is 11.4 Å². The Balaban J connectivity index is 1.80. The predicted molar refractivity (Wildman–Crippen MR) is 109 cm³/mol. The van der Waals surface area contributed by atoms with Gasteiger partial charge in [0.05, 0.1) is 0 Å². The molecule has 5 nitrogen and oxygen atoms in total. The van der Waals surface area contributed by atoms with Crippen LogP contribution in [0, 0.1) is 0 Å². The highest BCUT2D eigenvalue weighted by Gasteiger charge is 2.12. The second kappa shape index (κ2) is 9.29. The maximum Gasteiger partial charge on any atom is 0.270 e.